The Bertz CT molecular complexity index is 1220. The van der Waals surface area contributed by atoms with Gasteiger partial charge in [-0.15, -0.1) is 0 Å². The van der Waals surface area contributed by atoms with Crippen LogP contribution in [-0.2, 0) is 11.5 Å². The predicted octanol–water partition coefficient (Wildman–Crippen LogP) is 2.63. The first-order valence-electron chi connectivity index (χ1n) is 10.9. The minimum absolute atomic E-state index is 0.0532. The van der Waals surface area contributed by atoms with Gasteiger partial charge in [0.25, 0.3) is 5.56 Å². The summed E-state index contributed by atoms with van der Waals surface area (Å²) in [4.78, 5) is 34.3. The van der Waals surface area contributed by atoms with E-state index in [1.807, 2.05) is 12.3 Å². The minimum atomic E-state index is -1.27. The van der Waals surface area contributed by atoms with E-state index in [0.29, 0.717) is 29.5 Å². The largest absolute Gasteiger partial charge is 0.361 e. The molecule has 0 aromatic carbocycles. The van der Waals surface area contributed by atoms with Crippen molar-refractivity contribution < 1.29 is 4.74 Å². The van der Waals surface area contributed by atoms with E-state index in [-0.39, 0.29) is 12.0 Å². The molecule has 4 rings (SSSR count). The van der Waals surface area contributed by atoms with Gasteiger partial charge in [-0.1, -0.05) is 19.6 Å². The molecule has 1 fully saturated rings. The quantitative estimate of drug-likeness (QED) is 0.320. The Balaban J connectivity index is 1.70. The molecule has 32 heavy (non-hydrogen) atoms. The highest BCUT2D eigenvalue weighted by molar-refractivity contribution is 6.76. The van der Waals surface area contributed by atoms with E-state index >= 15 is 0 Å². The maximum atomic E-state index is 13.2. The van der Waals surface area contributed by atoms with Crippen LogP contribution in [0.3, 0.4) is 0 Å². The van der Waals surface area contributed by atoms with Crippen LogP contribution in [0.1, 0.15) is 18.9 Å². The number of hydrogen-bond acceptors (Lipinski definition) is 6. The lowest BCUT2D eigenvalue weighted by atomic mass is 10.1. The van der Waals surface area contributed by atoms with Gasteiger partial charge in [-0.25, -0.2) is 9.36 Å². The Kier molecular flexibility index (Phi) is 6.66. The van der Waals surface area contributed by atoms with E-state index in [1.165, 1.54) is 16.8 Å². The molecule has 9 nitrogen and oxygen atoms in total. The van der Waals surface area contributed by atoms with Gasteiger partial charge in [-0.3, -0.25) is 9.36 Å². The minimum Gasteiger partial charge on any atom is -0.361 e. The molecule has 1 aliphatic rings. The zero-order chi connectivity index (χ0) is 22.9. The first-order chi connectivity index (χ1) is 15.2. The van der Waals surface area contributed by atoms with Crippen molar-refractivity contribution in [3.63, 3.8) is 0 Å². The number of nitrogens with one attached hydrogen (secondary N) is 1. The fourth-order valence-electron chi connectivity index (χ4n) is 3.89. The molecule has 4 heterocycles. The number of fused-ring (bicyclic) bond motifs is 1. The molecule has 3 aromatic heterocycles. The van der Waals surface area contributed by atoms with E-state index in [2.05, 4.69) is 39.5 Å². The van der Waals surface area contributed by atoms with Crippen molar-refractivity contribution in [1.82, 2.24) is 29.0 Å². The van der Waals surface area contributed by atoms with Crippen molar-refractivity contribution in [2.24, 2.45) is 0 Å². The first-order valence-corrected chi connectivity index (χ1v) is 15.0. The second kappa shape index (κ2) is 9.30. The second-order valence-electron chi connectivity index (χ2n) is 9.34. The van der Waals surface area contributed by atoms with Crippen LogP contribution in [0.5, 0.6) is 0 Å². The highest BCUT2D eigenvalue weighted by Gasteiger charge is 2.21. The molecule has 0 aliphatic carbocycles. The Morgan fingerprint density at radius 1 is 1.16 bits per heavy atom. The molecule has 0 bridgehead atoms. The van der Waals surface area contributed by atoms with Gasteiger partial charge >= 0.3 is 5.69 Å². The zero-order valence-corrected chi connectivity index (χ0v) is 20.4. The SMILES string of the molecule is C[Si](C)(C)CCOCn1c(=O)ccn(-c2nc(Cl)nc3c2ccn3C2CCNCC2)c1=O. The normalized spacial score (nSPS) is 15.5. The van der Waals surface area contributed by atoms with Crippen molar-refractivity contribution in [3.8, 4) is 5.82 Å². The number of aromatic nitrogens is 5. The first kappa shape index (κ1) is 22.9. The van der Waals surface area contributed by atoms with E-state index in [0.717, 1.165) is 36.5 Å². The molecule has 0 radical (unpaired) electrons. The molecule has 0 saturated carbocycles. The van der Waals surface area contributed by atoms with Crippen molar-refractivity contribution in [2.75, 3.05) is 19.7 Å². The molecule has 0 unspecified atom stereocenters. The lowest BCUT2D eigenvalue weighted by molar-refractivity contribution is 0.0810. The van der Waals surface area contributed by atoms with E-state index in [4.69, 9.17) is 16.3 Å². The third-order valence-corrected chi connectivity index (χ3v) is 7.61. The summed E-state index contributed by atoms with van der Waals surface area (Å²) in [6.07, 6.45) is 5.37. The van der Waals surface area contributed by atoms with Gasteiger partial charge in [0, 0.05) is 39.2 Å². The van der Waals surface area contributed by atoms with Crippen molar-refractivity contribution >= 4 is 30.7 Å². The van der Waals surface area contributed by atoms with Gasteiger partial charge < -0.3 is 14.6 Å². The number of piperidine rings is 1. The van der Waals surface area contributed by atoms with E-state index in [9.17, 15) is 9.59 Å². The topological polar surface area (TPSA) is 96.0 Å². The number of rotatable bonds is 7. The molecule has 0 atom stereocenters. The second-order valence-corrected chi connectivity index (χ2v) is 15.3. The summed E-state index contributed by atoms with van der Waals surface area (Å²) in [5.74, 6) is 0.355. The van der Waals surface area contributed by atoms with Gasteiger partial charge in [0.1, 0.15) is 12.4 Å². The Morgan fingerprint density at radius 3 is 2.62 bits per heavy atom. The Hall–Kier alpha value is -2.27. The fraction of sp³-hybridized carbons (Fsp3) is 0.524. The third kappa shape index (κ3) is 4.88. The fourth-order valence-corrected chi connectivity index (χ4v) is 4.80. The average Bonchev–Trinajstić information content (AvgIpc) is 3.16. The van der Waals surface area contributed by atoms with Gasteiger partial charge in [0.2, 0.25) is 5.28 Å². The molecule has 0 amide bonds. The molecule has 11 heteroatoms. The van der Waals surface area contributed by atoms with Crippen LogP contribution < -0.4 is 16.6 Å². The summed E-state index contributed by atoms with van der Waals surface area (Å²) < 4.78 is 10.2. The van der Waals surface area contributed by atoms with Gasteiger partial charge in [0.05, 0.1) is 5.39 Å². The lowest BCUT2D eigenvalue weighted by Gasteiger charge is -2.24. The van der Waals surface area contributed by atoms with E-state index in [1.54, 1.807) is 0 Å². The standard InChI is InChI=1S/C21H29ClN6O3Si/c1-32(2,3)13-12-31-14-28-17(29)7-11-27(21(28)30)19-16-6-10-26(15-4-8-23-9-5-15)18(16)24-20(22)25-19/h6-7,10-11,15,23H,4-5,8-9,12-14H2,1-3H3. The van der Waals surface area contributed by atoms with Crippen LogP contribution in [0.2, 0.25) is 31.0 Å². The van der Waals surface area contributed by atoms with E-state index < -0.39 is 19.3 Å². The zero-order valence-electron chi connectivity index (χ0n) is 18.7. The number of ether oxygens (including phenoxy) is 1. The summed E-state index contributed by atoms with van der Waals surface area (Å²) in [5, 5.41) is 4.12. The summed E-state index contributed by atoms with van der Waals surface area (Å²) in [6.45, 7) is 9.05. The van der Waals surface area contributed by atoms with Crippen molar-refractivity contribution in [1.29, 1.82) is 0 Å². The van der Waals surface area contributed by atoms with Gasteiger partial charge in [0.15, 0.2) is 5.82 Å². The van der Waals surface area contributed by atoms with Crippen LogP contribution in [-0.4, -0.2) is 51.4 Å². The monoisotopic (exact) mass is 476 g/mol. The molecular weight excluding hydrogens is 448 g/mol. The Morgan fingerprint density at radius 2 is 1.91 bits per heavy atom. The predicted molar refractivity (Wildman–Crippen MR) is 128 cm³/mol. The van der Waals surface area contributed by atoms with Gasteiger partial charge in [-0.2, -0.15) is 9.97 Å². The average molecular weight is 477 g/mol. The number of hydrogen-bond donors (Lipinski definition) is 1. The van der Waals surface area contributed by atoms with Gasteiger partial charge in [-0.05, 0) is 49.6 Å². The maximum Gasteiger partial charge on any atom is 0.338 e. The summed E-state index contributed by atoms with van der Waals surface area (Å²) >= 11 is 6.26. The summed E-state index contributed by atoms with van der Waals surface area (Å²) in [5.41, 5.74) is -0.248. The van der Waals surface area contributed by atoms with Crippen molar-refractivity contribution in [2.45, 2.75) is 51.3 Å². The maximum absolute atomic E-state index is 13.2. The van der Waals surface area contributed by atoms with Crippen LogP contribution >= 0.6 is 11.6 Å². The molecular formula is C21H29ClN6O3Si. The van der Waals surface area contributed by atoms with Crippen LogP contribution in [0, 0.1) is 0 Å². The summed E-state index contributed by atoms with van der Waals surface area (Å²) in [7, 11) is -1.27. The Labute approximate surface area is 192 Å². The molecule has 3 aromatic rings. The van der Waals surface area contributed by atoms with Crippen LogP contribution in [0.4, 0.5) is 0 Å². The number of halogens is 1. The van der Waals surface area contributed by atoms with Crippen LogP contribution in [0.25, 0.3) is 16.9 Å². The smallest absolute Gasteiger partial charge is 0.338 e. The van der Waals surface area contributed by atoms with Crippen LogP contribution in [0.15, 0.2) is 34.1 Å². The molecule has 0 spiro atoms. The number of nitrogens with zero attached hydrogens (tertiary/aromatic N) is 5. The molecule has 1 N–H and O–H groups in total. The highest BCUT2D eigenvalue weighted by atomic mass is 35.5. The molecule has 1 saturated heterocycles. The molecule has 1 aliphatic heterocycles. The third-order valence-electron chi connectivity index (χ3n) is 5.74. The summed E-state index contributed by atoms with van der Waals surface area (Å²) in [6, 6.07) is 4.50. The van der Waals surface area contributed by atoms with Crippen molar-refractivity contribution in [3.05, 3.63) is 50.6 Å². The molecule has 172 valence electrons. The highest BCUT2D eigenvalue weighted by Crippen LogP contribution is 2.27. The lowest BCUT2D eigenvalue weighted by Crippen LogP contribution is -2.39.